The molecule has 3 aromatic carbocycles. The number of benzene rings is 3. The van der Waals surface area contributed by atoms with Crippen LogP contribution in [0.25, 0.3) is 22.3 Å². The van der Waals surface area contributed by atoms with Gasteiger partial charge >= 0.3 is 0 Å². The number of anilines is 1. The third kappa shape index (κ3) is 4.54. The SMILES string of the molecule is O=C(c1cccc(S(=O)(=O)Nc2ccc(Cl)c3c(Cl)c[nH]c23)c1F)N1CCc2nc(-c3ccccc3)[nH]c2C1. The van der Waals surface area contributed by atoms with Crippen LogP contribution in [-0.2, 0) is 23.0 Å². The second-order valence-corrected chi connectivity index (χ2v) is 11.5. The average Bonchev–Trinajstić information content (AvgIpc) is 3.54. The van der Waals surface area contributed by atoms with E-state index in [1.807, 2.05) is 30.3 Å². The fourth-order valence-corrected chi connectivity index (χ4v) is 6.44. The van der Waals surface area contributed by atoms with E-state index in [0.717, 1.165) is 23.0 Å². The zero-order valence-corrected chi connectivity index (χ0v) is 22.5. The van der Waals surface area contributed by atoms with Crippen molar-refractivity contribution in [2.45, 2.75) is 17.9 Å². The number of amides is 1. The van der Waals surface area contributed by atoms with Gasteiger partial charge in [0.15, 0.2) is 5.82 Å². The van der Waals surface area contributed by atoms with Gasteiger partial charge in [0.25, 0.3) is 15.9 Å². The van der Waals surface area contributed by atoms with Gasteiger partial charge in [-0.3, -0.25) is 9.52 Å². The maximum Gasteiger partial charge on any atom is 0.264 e. The molecule has 0 unspecified atom stereocenters. The largest absolute Gasteiger partial charge is 0.358 e. The molecule has 0 fully saturated rings. The van der Waals surface area contributed by atoms with Crippen LogP contribution in [0.3, 0.4) is 0 Å². The fraction of sp³-hybridized carbons (Fsp3) is 0.111. The minimum atomic E-state index is -4.42. The second kappa shape index (κ2) is 9.71. The Morgan fingerprint density at radius 3 is 2.62 bits per heavy atom. The highest BCUT2D eigenvalue weighted by molar-refractivity contribution is 7.92. The Kier molecular flexibility index (Phi) is 6.33. The first kappa shape index (κ1) is 25.4. The lowest BCUT2D eigenvalue weighted by Crippen LogP contribution is -2.36. The van der Waals surface area contributed by atoms with E-state index in [2.05, 4.69) is 19.7 Å². The molecule has 1 aliphatic heterocycles. The Labute approximate surface area is 232 Å². The second-order valence-electron chi connectivity index (χ2n) is 9.06. The molecular weight excluding hydrogens is 564 g/mol. The molecule has 0 atom stereocenters. The van der Waals surface area contributed by atoms with Gasteiger partial charge < -0.3 is 14.9 Å². The van der Waals surface area contributed by atoms with Gasteiger partial charge in [-0.25, -0.2) is 17.8 Å². The number of sulfonamides is 1. The third-order valence-electron chi connectivity index (χ3n) is 6.63. The number of hydrogen-bond donors (Lipinski definition) is 3. The van der Waals surface area contributed by atoms with Crippen molar-refractivity contribution in [3.05, 3.63) is 99.7 Å². The van der Waals surface area contributed by atoms with Gasteiger partial charge in [0.05, 0.1) is 44.7 Å². The average molecular weight is 584 g/mol. The van der Waals surface area contributed by atoms with E-state index in [1.54, 1.807) is 0 Å². The lowest BCUT2D eigenvalue weighted by Gasteiger charge is -2.26. The standard InChI is InChI=1S/C27H20Cl2FN5O3S/c28-17-9-10-20(25-23(17)18(29)13-31-25)34-39(37,38)22-8-4-7-16(24(22)30)27(36)35-12-11-19-21(14-35)33-26(32-19)15-5-2-1-3-6-15/h1-10,13,31,34H,11-12,14H2,(H,32,33). The van der Waals surface area contributed by atoms with Crippen LogP contribution in [0.4, 0.5) is 10.1 Å². The summed E-state index contributed by atoms with van der Waals surface area (Å²) in [6.45, 7) is 0.509. The molecule has 3 N–H and O–H groups in total. The van der Waals surface area contributed by atoms with Crippen LogP contribution in [0.5, 0.6) is 0 Å². The molecule has 0 saturated heterocycles. The number of carbonyl (C=O) groups excluding carboxylic acids is 1. The van der Waals surface area contributed by atoms with E-state index < -0.39 is 26.6 Å². The summed E-state index contributed by atoms with van der Waals surface area (Å²) in [7, 11) is -4.42. The van der Waals surface area contributed by atoms with Crippen molar-refractivity contribution in [1.82, 2.24) is 19.9 Å². The zero-order valence-electron chi connectivity index (χ0n) is 20.1. The molecule has 198 valence electrons. The topological polar surface area (TPSA) is 111 Å². The smallest absolute Gasteiger partial charge is 0.264 e. The number of halogens is 3. The normalized spacial score (nSPS) is 13.5. The summed E-state index contributed by atoms with van der Waals surface area (Å²) in [5.41, 5.74) is 2.67. The van der Waals surface area contributed by atoms with Crippen molar-refractivity contribution in [2.75, 3.05) is 11.3 Å². The predicted molar refractivity (Wildman–Crippen MR) is 148 cm³/mol. The predicted octanol–water partition coefficient (Wildman–Crippen LogP) is 6.00. The van der Waals surface area contributed by atoms with E-state index in [4.69, 9.17) is 23.2 Å². The van der Waals surface area contributed by atoms with Crippen molar-refractivity contribution in [3.63, 3.8) is 0 Å². The lowest BCUT2D eigenvalue weighted by atomic mass is 10.1. The first-order chi connectivity index (χ1) is 18.7. The summed E-state index contributed by atoms with van der Waals surface area (Å²) in [5, 5.41) is 1.07. The number of hydrogen-bond acceptors (Lipinski definition) is 4. The van der Waals surface area contributed by atoms with E-state index in [1.165, 1.54) is 35.4 Å². The molecule has 0 bridgehead atoms. The number of fused-ring (bicyclic) bond motifs is 2. The van der Waals surface area contributed by atoms with Gasteiger partial charge in [0.1, 0.15) is 10.7 Å². The molecule has 6 rings (SSSR count). The minimum Gasteiger partial charge on any atom is -0.358 e. The summed E-state index contributed by atoms with van der Waals surface area (Å²) >= 11 is 12.3. The van der Waals surface area contributed by atoms with E-state index in [9.17, 15) is 13.2 Å². The van der Waals surface area contributed by atoms with Crippen molar-refractivity contribution in [3.8, 4) is 11.4 Å². The maximum atomic E-state index is 15.6. The fourth-order valence-electron chi connectivity index (χ4n) is 4.71. The van der Waals surface area contributed by atoms with Crippen molar-refractivity contribution in [1.29, 1.82) is 0 Å². The minimum absolute atomic E-state index is 0.134. The van der Waals surface area contributed by atoms with Crippen molar-refractivity contribution >= 4 is 55.7 Å². The summed E-state index contributed by atoms with van der Waals surface area (Å²) in [4.78, 5) is 25.0. The first-order valence-electron chi connectivity index (χ1n) is 11.9. The van der Waals surface area contributed by atoms with Crippen molar-refractivity contribution in [2.24, 2.45) is 0 Å². The van der Waals surface area contributed by atoms with Crippen molar-refractivity contribution < 1.29 is 17.6 Å². The highest BCUT2D eigenvalue weighted by Crippen LogP contribution is 2.36. The van der Waals surface area contributed by atoms with Crippen LogP contribution in [0.2, 0.25) is 10.0 Å². The molecule has 2 aromatic heterocycles. The number of rotatable bonds is 5. The number of aromatic amines is 2. The number of H-pyrrole nitrogens is 2. The number of imidazole rings is 1. The Hall–Kier alpha value is -3.86. The third-order valence-corrected chi connectivity index (χ3v) is 8.63. The molecule has 1 amide bonds. The Morgan fingerprint density at radius 2 is 1.82 bits per heavy atom. The zero-order chi connectivity index (χ0) is 27.3. The molecule has 5 aromatic rings. The molecule has 12 heteroatoms. The van der Waals surface area contributed by atoms with Gasteiger partial charge in [0, 0.05) is 30.1 Å². The Bertz CT molecular complexity index is 1850. The molecule has 39 heavy (non-hydrogen) atoms. The molecular formula is C27H20Cl2FN5O3S. The Morgan fingerprint density at radius 1 is 1.03 bits per heavy atom. The van der Waals surface area contributed by atoms with E-state index in [0.29, 0.717) is 39.7 Å². The van der Waals surface area contributed by atoms with Crippen LogP contribution in [-0.4, -0.2) is 40.7 Å². The highest BCUT2D eigenvalue weighted by atomic mass is 35.5. The van der Waals surface area contributed by atoms with Gasteiger partial charge in [0.2, 0.25) is 0 Å². The number of carbonyl (C=O) groups is 1. The molecule has 0 spiro atoms. The maximum absolute atomic E-state index is 15.6. The van der Waals surface area contributed by atoms with Gasteiger partial charge in [-0.2, -0.15) is 0 Å². The summed E-state index contributed by atoms with van der Waals surface area (Å²) in [6.07, 6.45) is 1.96. The van der Waals surface area contributed by atoms with Crippen LogP contribution >= 0.6 is 23.2 Å². The van der Waals surface area contributed by atoms with Crippen LogP contribution in [0.1, 0.15) is 21.7 Å². The number of nitrogens with one attached hydrogen (secondary N) is 3. The molecule has 3 heterocycles. The van der Waals surface area contributed by atoms with E-state index in [-0.39, 0.29) is 17.8 Å². The molecule has 8 nitrogen and oxygen atoms in total. The summed E-state index contributed by atoms with van der Waals surface area (Å²) in [6, 6.07) is 16.3. The number of nitrogens with zero attached hydrogens (tertiary/aromatic N) is 2. The molecule has 0 saturated carbocycles. The Balaban J connectivity index is 1.27. The quantitative estimate of drug-likeness (QED) is 0.235. The monoisotopic (exact) mass is 583 g/mol. The molecule has 0 aliphatic carbocycles. The first-order valence-corrected chi connectivity index (χ1v) is 14.2. The lowest BCUT2D eigenvalue weighted by molar-refractivity contribution is 0.0726. The van der Waals surface area contributed by atoms with Gasteiger partial charge in [-0.05, 0) is 24.3 Å². The number of aromatic nitrogens is 3. The van der Waals surface area contributed by atoms with Gasteiger partial charge in [-0.15, -0.1) is 0 Å². The van der Waals surface area contributed by atoms with Crippen LogP contribution in [0, 0.1) is 5.82 Å². The summed E-state index contributed by atoms with van der Waals surface area (Å²) in [5.74, 6) is -1.05. The van der Waals surface area contributed by atoms with Crippen LogP contribution < -0.4 is 4.72 Å². The highest BCUT2D eigenvalue weighted by Gasteiger charge is 2.30. The molecule has 1 aliphatic rings. The van der Waals surface area contributed by atoms with E-state index >= 15 is 4.39 Å². The summed E-state index contributed by atoms with van der Waals surface area (Å²) < 4.78 is 44.5. The van der Waals surface area contributed by atoms with Crippen LogP contribution in [0.15, 0.2) is 71.8 Å². The van der Waals surface area contributed by atoms with Gasteiger partial charge in [-0.1, -0.05) is 59.6 Å². The molecule has 0 radical (unpaired) electrons.